The van der Waals surface area contributed by atoms with Crippen molar-refractivity contribution < 1.29 is 4.79 Å². The molecule has 20 heavy (non-hydrogen) atoms. The maximum Gasteiger partial charge on any atom is 0.234 e. The Morgan fingerprint density at radius 2 is 1.95 bits per heavy atom. The fourth-order valence-electron chi connectivity index (χ4n) is 1.97. The number of halogens is 1. The molecular formula is C15H24ClN3O. The fourth-order valence-corrected chi connectivity index (χ4v) is 2.09. The Bertz CT molecular complexity index is 420. The molecule has 0 heterocycles. The average Bonchev–Trinajstić information content (AvgIpc) is 2.39. The smallest absolute Gasteiger partial charge is 0.234 e. The molecule has 1 amide bonds. The van der Waals surface area contributed by atoms with Gasteiger partial charge in [0.15, 0.2) is 0 Å². The van der Waals surface area contributed by atoms with Crippen molar-refractivity contribution in [3.8, 4) is 0 Å². The van der Waals surface area contributed by atoms with E-state index in [-0.39, 0.29) is 11.9 Å². The highest BCUT2D eigenvalue weighted by Crippen LogP contribution is 2.20. The highest BCUT2D eigenvalue weighted by Gasteiger charge is 2.17. The van der Waals surface area contributed by atoms with Crippen LogP contribution in [0.1, 0.15) is 25.5 Å². The number of hydrogen-bond acceptors (Lipinski definition) is 3. The topological polar surface area (TPSA) is 58.4 Å². The van der Waals surface area contributed by atoms with E-state index >= 15 is 0 Å². The fraction of sp³-hybridized carbons (Fsp3) is 0.533. The second kappa shape index (κ2) is 8.25. The summed E-state index contributed by atoms with van der Waals surface area (Å²) < 4.78 is 0. The van der Waals surface area contributed by atoms with Gasteiger partial charge in [0.05, 0.1) is 6.54 Å². The zero-order valence-corrected chi connectivity index (χ0v) is 13.2. The second-order valence-electron chi connectivity index (χ2n) is 5.42. The number of nitrogens with two attached hydrogens (primary N) is 1. The lowest BCUT2D eigenvalue weighted by Gasteiger charge is -2.27. The quantitative estimate of drug-likeness (QED) is 0.810. The Morgan fingerprint density at radius 3 is 2.45 bits per heavy atom. The summed E-state index contributed by atoms with van der Waals surface area (Å²) in [4.78, 5) is 13.8. The number of rotatable bonds is 7. The first kappa shape index (κ1) is 17.0. The Balaban J connectivity index is 2.60. The largest absolute Gasteiger partial charge is 0.355 e. The third-order valence-electron chi connectivity index (χ3n) is 3.11. The Labute approximate surface area is 126 Å². The van der Waals surface area contributed by atoms with Crippen molar-refractivity contribution in [2.24, 2.45) is 11.7 Å². The summed E-state index contributed by atoms with van der Waals surface area (Å²) in [6.45, 7) is 5.62. The molecule has 1 rings (SSSR count). The van der Waals surface area contributed by atoms with Crippen LogP contribution in [-0.4, -0.2) is 37.5 Å². The number of benzene rings is 1. The lowest BCUT2D eigenvalue weighted by atomic mass is 10.1. The lowest BCUT2D eigenvalue weighted by Crippen LogP contribution is -2.40. The van der Waals surface area contributed by atoms with Crippen LogP contribution in [0.3, 0.4) is 0 Å². The number of carbonyl (C=O) groups is 1. The molecule has 1 atom stereocenters. The zero-order chi connectivity index (χ0) is 15.1. The number of nitrogens with zero attached hydrogens (tertiary/aromatic N) is 1. The van der Waals surface area contributed by atoms with Crippen molar-refractivity contribution in [3.63, 3.8) is 0 Å². The molecule has 1 aromatic carbocycles. The van der Waals surface area contributed by atoms with Crippen LogP contribution < -0.4 is 11.1 Å². The predicted molar refractivity (Wildman–Crippen MR) is 83.7 cm³/mol. The van der Waals surface area contributed by atoms with Crippen LogP contribution in [0.15, 0.2) is 24.3 Å². The van der Waals surface area contributed by atoms with Crippen molar-refractivity contribution >= 4 is 17.5 Å². The van der Waals surface area contributed by atoms with E-state index in [4.69, 9.17) is 17.3 Å². The average molecular weight is 298 g/mol. The molecule has 1 unspecified atom stereocenters. The molecule has 0 aliphatic carbocycles. The molecule has 0 saturated carbocycles. The normalized spacial score (nSPS) is 12.8. The van der Waals surface area contributed by atoms with Crippen LogP contribution in [0.2, 0.25) is 5.02 Å². The summed E-state index contributed by atoms with van der Waals surface area (Å²) in [5, 5.41) is 3.61. The molecule has 0 fully saturated rings. The van der Waals surface area contributed by atoms with Crippen LogP contribution >= 0.6 is 11.6 Å². The third-order valence-corrected chi connectivity index (χ3v) is 3.36. The summed E-state index contributed by atoms with van der Waals surface area (Å²) >= 11 is 5.89. The standard InChI is InChI=1S/C15H24ClN3O/c1-11(2)9-18-15(20)10-19(3)14(8-17)12-4-6-13(16)7-5-12/h4-7,11,14H,8-10,17H2,1-3H3,(H,18,20). The van der Waals surface area contributed by atoms with E-state index in [1.165, 1.54) is 0 Å². The van der Waals surface area contributed by atoms with Crippen LogP contribution in [0.25, 0.3) is 0 Å². The van der Waals surface area contributed by atoms with Gasteiger partial charge in [-0.2, -0.15) is 0 Å². The molecule has 0 bridgehead atoms. The van der Waals surface area contributed by atoms with Gasteiger partial charge in [0.25, 0.3) is 0 Å². The molecular weight excluding hydrogens is 274 g/mol. The molecule has 0 saturated heterocycles. The molecule has 0 radical (unpaired) electrons. The van der Waals surface area contributed by atoms with Gasteiger partial charge in [-0.15, -0.1) is 0 Å². The van der Waals surface area contributed by atoms with Gasteiger partial charge < -0.3 is 11.1 Å². The van der Waals surface area contributed by atoms with Crippen LogP contribution in [0, 0.1) is 5.92 Å². The molecule has 4 nitrogen and oxygen atoms in total. The summed E-state index contributed by atoms with van der Waals surface area (Å²) in [5.74, 6) is 0.472. The molecule has 1 aromatic rings. The summed E-state index contributed by atoms with van der Waals surface area (Å²) in [6.07, 6.45) is 0. The van der Waals surface area contributed by atoms with Gasteiger partial charge in [0.2, 0.25) is 5.91 Å². The van der Waals surface area contributed by atoms with E-state index in [0.29, 0.717) is 30.6 Å². The van der Waals surface area contributed by atoms with Crippen LogP contribution in [0.5, 0.6) is 0 Å². The Hall–Kier alpha value is -1.10. The SMILES string of the molecule is CC(C)CNC(=O)CN(C)C(CN)c1ccc(Cl)cc1. The van der Waals surface area contributed by atoms with E-state index in [9.17, 15) is 4.79 Å². The van der Waals surface area contributed by atoms with E-state index in [1.54, 1.807) is 0 Å². The minimum absolute atomic E-state index is 0.0112. The highest BCUT2D eigenvalue weighted by atomic mass is 35.5. The van der Waals surface area contributed by atoms with Gasteiger partial charge in [-0.1, -0.05) is 37.6 Å². The van der Waals surface area contributed by atoms with E-state index in [2.05, 4.69) is 19.2 Å². The van der Waals surface area contributed by atoms with Crippen molar-refractivity contribution in [2.45, 2.75) is 19.9 Å². The monoisotopic (exact) mass is 297 g/mol. The molecule has 0 aromatic heterocycles. The van der Waals surface area contributed by atoms with E-state index < -0.39 is 0 Å². The molecule has 112 valence electrons. The van der Waals surface area contributed by atoms with Crippen molar-refractivity contribution in [1.82, 2.24) is 10.2 Å². The first-order chi connectivity index (χ1) is 9.43. The van der Waals surface area contributed by atoms with Gasteiger partial charge in [-0.25, -0.2) is 0 Å². The lowest BCUT2D eigenvalue weighted by molar-refractivity contribution is -0.122. The van der Waals surface area contributed by atoms with Crippen LogP contribution in [-0.2, 0) is 4.79 Å². The minimum Gasteiger partial charge on any atom is -0.355 e. The first-order valence-corrected chi connectivity index (χ1v) is 7.24. The van der Waals surface area contributed by atoms with Crippen LogP contribution in [0.4, 0.5) is 0 Å². The number of likely N-dealkylation sites (N-methyl/N-ethyl adjacent to an activating group) is 1. The van der Waals surface area contributed by atoms with E-state index in [1.807, 2.05) is 36.2 Å². The Morgan fingerprint density at radius 1 is 1.35 bits per heavy atom. The van der Waals surface area contributed by atoms with Gasteiger partial charge in [-0.05, 0) is 30.7 Å². The molecule has 3 N–H and O–H groups in total. The summed E-state index contributed by atoms with van der Waals surface area (Å²) in [6, 6.07) is 7.58. The first-order valence-electron chi connectivity index (χ1n) is 6.86. The Kier molecular flexibility index (Phi) is 6.99. The summed E-state index contributed by atoms with van der Waals surface area (Å²) in [7, 11) is 1.90. The summed E-state index contributed by atoms with van der Waals surface area (Å²) in [5.41, 5.74) is 6.90. The van der Waals surface area contributed by atoms with Gasteiger partial charge in [0, 0.05) is 24.2 Å². The van der Waals surface area contributed by atoms with Crippen molar-refractivity contribution in [3.05, 3.63) is 34.9 Å². The zero-order valence-electron chi connectivity index (χ0n) is 12.4. The number of hydrogen-bond donors (Lipinski definition) is 2. The van der Waals surface area contributed by atoms with E-state index in [0.717, 1.165) is 5.56 Å². The van der Waals surface area contributed by atoms with Crippen molar-refractivity contribution in [1.29, 1.82) is 0 Å². The van der Waals surface area contributed by atoms with Gasteiger partial charge >= 0.3 is 0 Å². The molecule has 0 aliphatic rings. The molecule has 0 aliphatic heterocycles. The second-order valence-corrected chi connectivity index (χ2v) is 5.85. The van der Waals surface area contributed by atoms with Gasteiger partial charge in [-0.3, -0.25) is 9.69 Å². The highest BCUT2D eigenvalue weighted by molar-refractivity contribution is 6.30. The number of amides is 1. The molecule has 0 spiro atoms. The molecule has 5 heteroatoms. The van der Waals surface area contributed by atoms with Gasteiger partial charge in [0.1, 0.15) is 0 Å². The maximum atomic E-state index is 11.8. The predicted octanol–water partition coefficient (Wildman–Crippen LogP) is 2.04. The third kappa shape index (κ3) is 5.49. The number of nitrogens with one attached hydrogen (secondary N) is 1. The minimum atomic E-state index is 0.0112. The maximum absolute atomic E-state index is 11.8. The number of carbonyl (C=O) groups excluding carboxylic acids is 1. The van der Waals surface area contributed by atoms with Crippen molar-refractivity contribution in [2.75, 3.05) is 26.7 Å².